The van der Waals surface area contributed by atoms with Crippen LogP contribution in [0.15, 0.2) is 18.2 Å². The van der Waals surface area contributed by atoms with Crippen LogP contribution in [0.5, 0.6) is 5.75 Å². The number of aliphatic hydroxyl groups is 1. The van der Waals surface area contributed by atoms with Crippen LogP contribution in [0.4, 0.5) is 5.69 Å². The molecule has 1 fully saturated rings. The van der Waals surface area contributed by atoms with Crippen LogP contribution in [0.3, 0.4) is 0 Å². The van der Waals surface area contributed by atoms with Gasteiger partial charge in [0.1, 0.15) is 5.75 Å². The highest BCUT2D eigenvalue weighted by atomic mass is 16.5. The molecule has 0 aliphatic carbocycles. The highest BCUT2D eigenvalue weighted by Gasteiger charge is 2.24. The summed E-state index contributed by atoms with van der Waals surface area (Å²) in [6.45, 7) is 1.67. The molecular weight excluding hydrogens is 272 g/mol. The molecular formula is C15H22N2O4. The number of amides is 1. The van der Waals surface area contributed by atoms with E-state index in [1.165, 1.54) is 0 Å². The first-order valence-corrected chi connectivity index (χ1v) is 7.10. The number of likely N-dealkylation sites (tertiary alicyclic amines) is 1. The second-order valence-corrected chi connectivity index (χ2v) is 5.08. The maximum absolute atomic E-state index is 12.5. The molecule has 1 aromatic carbocycles. The van der Waals surface area contributed by atoms with Crippen LogP contribution in [-0.2, 0) is 4.74 Å². The Balaban J connectivity index is 1.97. The summed E-state index contributed by atoms with van der Waals surface area (Å²) in [4.78, 5) is 14.3. The fraction of sp³-hybridized carbons (Fsp3) is 0.533. The number of methoxy groups -OCH3 is 1. The van der Waals surface area contributed by atoms with Crippen molar-refractivity contribution in [3.05, 3.63) is 23.8 Å². The van der Waals surface area contributed by atoms with E-state index in [4.69, 9.17) is 20.3 Å². The summed E-state index contributed by atoms with van der Waals surface area (Å²) in [5.41, 5.74) is 6.84. The molecule has 1 aromatic rings. The van der Waals surface area contributed by atoms with Crippen molar-refractivity contribution in [3.63, 3.8) is 0 Å². The molecule has 0 bridgehead atoms. The molecule has 116 valence electrons. The average molecular weight is 294 g/mol. The maximum Gasteiger partial charge on any atom is 0.254 e. The normalized spacial score (nSPS) is 16.0. The quantitative estimate of drug-likeness (QED) is 0.788. The number of piperidine rings is 1. The highest BCUT2D eigenvalue weighted by molar-refractivity contribution is 5.95. The zero-order valence-corrected chi connectivity index (χ0v) is 12.2. The van der Waals surface area contributed by atoms with E-state index in [9.17, 15) is 4.79 Å². The SMILES string of the molecule is COc1cc(N)cc(C(=O)N2CCC(OCCO)CC2)c1. The molecule has 3 N–H and O–H groups in total. The van der Waals surface area contributed by atoms with Crippen LogP contribution in [0.2, 0.25) is 0 Å². The molecule has 0 spiro atoms. The van der Waals surface area contributed by atoms with Gasteiger partial charge in [0.2, 0.25) is 0 Å². The van der Waals surface area contributed by atoms with Crippen molar-refractivity contribution in [1.29, 1.82) is 0 Å². The predicted molar refractivity (Wildman–Crippen MR) is 79.4 cm³/mol. The van der Waals surface area contributed by atoms with E-state index in [0.717, 1.165) is 12.8 Å². The van der Waals surface area contributed by atoms with Gasteiger partial charge >= 0.3 is 0 Å². The summed E-state index contributed by atoms with van der Waals surface area (Å²) in [7, 11) is 1.55. The van der Waals surface area contributed by atoms with Crippen molar-refractivity contribution < 1.29 is 19.4 Å². The molecule has 1 saturated heterocycles. The number of ether oxygens (including phenoxy) is 2. The molecule has 2 rings (SSSR count). The summed E-state index contributed by atoms with van der Waals surface area (Å²) in [5, 5.41) is 8.75. The molecule has 0 atom stereocenters. The summed E-state index contributed by atoms with van der Waals surface area (Å²) >= 11 is 0. The van der Waals surface area contributed by atoms with Crippen molar-refractivity contribution in [2.75, 3.05) is 39.1 Å². The van der Waals surface area contributed by atoms with Crippen LogP contribution < -0.4 is 10.5 Å². The topological polar surface area (TPSA) is 85.0 Å². The Morgan fingerprint density at radius 3 is 2.71 bits per heavy atom. The lowest BCUT2D eigenvalue weighted by Gasteiger charge is -2.32. The Morgan fingerprint density at radius 2 is 2.10 bits per heavy atom. The monoisotopic (exact) mass is 294 g/mol. The van der Waals surface area contributed by atoms with E-state index in [2.05, 4.69) is 0 Å². The number of benzene rings is 1. The second-order valence-electron chi connectivity index (χ2n) is 5.08. The van der Waals surface area contributed by atoms with E-state index >= 15 is 0 Å². The van der Waals surface area contributed by atoms with Gasteiger partial charge in [-0.15, -0.1) is 0 Å². The Kier molecular flexibility index (Phi) is 5.41. The van der Waals surface area contributed by atoms with Crippen molar-refractivity contribution in [2.24, 2.45) is 0 Å². The molecule has 0 radical (unpaired) electrons. The largest absolute Gasteiger partial charge is 0.497 e. The minimum atomic E-state index is -0.0405. The number of nitrogen functional groups attached to an aromatic ring is 1. The first kappa shape index (κ1) is 15.6. The van der Waals surface area contributed by atoms with Gasteiger partial charge in [-0.2, -0.15) is 0 Å². The number of nitrogens with zero attached hydrogens (tertiary/aromatic N) is 1. The van der Waals surface area contributed by atoms with Crippen molar-refractivity contribution in [3.8, 4) is 5.75 Å². The Labute approximate surface area is 124 Å². The smallest absolute Gasteiger partial charge is 0.254 e. The Hall–Kier alpha value is -1.79. The molecule has 1 heterocycles. The van der Waals surface area contributed by atoms with Gasteiger partial charge in [0.25, 0.3) is 5.91 Å². The van der Waals surface area contributed by atoms with Gasteiger partial charge in [-0.3, -0.25) is 4.79 Å². The van der Waals surface area contributed by atoms with Crippen LogP contribution in [-0.4, -0.2) is 55.4 Å². The fourth-order valence-corrected chi connectivity index (χ4v) is 2.49. The number of rotatable bonds is 5. The average Bonchev–Trinajstić information content (AvgIpc) is 2.52. The fourth-order valence-electron chi connectivity index (χ4n) is 2.49. The summed E-state index contributed by atoms with van der Waals surface area (Å²) in [5.74, 6) is 0.542. The molecule has 6 nitrogen and oxygen atoms in total. The number of carbonyl (C=O) groups is 1. The van der Waals surface area contributed by atoms with Crippen molar-refractivity contribution >= 4 is 11.6 Å². The second kappa shape index (κ2) is 7.28. The third-order valence-electron chi connectivity index (χ3n) is 3.59. The van der Waals surface area contributed by atoms with E-state index in [0.29, 0.717) is 36.7 Å². The lowest BCUT2D eigenvalue weighted by molar-refractivity contribution is -0.00554. The van der Waals surface area contributed by atoms with Crippen LogP contribution in [0.25, 0.3) is 0 Å². The first-order valence-electron chi connectivity index (χ1n) is 7.10. The van der Waals surface area contributed by atoms with Crippen LogP contribution in [0.1, 0.15) is 23.2 Å². The van der Waals surface area contributed by atoms with E-state index < -0.39 is 0 Å². The van der Waals surface area contributed by atoms with Gasteiger partial charge in [0, 0.05) is 30.4 Å². The standard InChI is InChI=1S/C15H22N2O4/c1-20-14-9-11(8-12(16)10-14)15(19)17-4-2-13(3-5-17)21-7-6-18/h8-10,13,18H,2-7,16H2,1H3. The summed E-state index contributed by atoms with van der Waals surface area (Å²) in [6, 6.07) is 5.05. The number of hydrogen-bond acceptors (Lipinski definition) is 5. The highest BCUT2D eigenvalue weighted by Crippen LogP contribution is 2.22. The van der Waals surface area contributed by atoms with Gasteiger partial charge in [-0.25, -0.2) is 0 Å². The van der Waals surface area contributed by atoms with E-state index in [-0.39, 0.29) is 18.6 Å². The molecule has 0 aromatic heterocycles. The minimum absolute atomic E-state index is 0.0300. The zero-order valence-electron chi connectivity index (χ0n) is 12.2. The number of carbonyl (C=O) groups excluding carboxylic acids is 1. The lowest BCUT2D eigenvalue weighted by atomic mass is 10.1. The van der Waals surface area contributed by atoms with E-state index in [1.54, 1.807) is 30.2 Å². The van der Waals surface area contributed by atoms with Gasteiger partial charge in [0.05, 0.1) is 26.4 Å². The maximum atomic E-state index is 12.5. The number of aliphatic hydroxyl groups excluding tert-OH is 1. The van der Waals surface area contributed by atoms with Crippen molar-refractivity contribution in [1.82, 2.24) is 4.90 Å². The molecule has 21 heavy (non-hydrogen) atoms. The van der Waals surface area contributed by atoms with Gasteiger partial charge in [-0.1, -0.05) is 0 Å². The summed E-state index contributed by atoms with van der Waals surface area (Å²) < 4.78 is 10.6. The molecule has 1 amide bonds. The summed E-state index contributed by atoms with van der Waals surface area (Å²) in [6.07, 6.45) is 1.69. The predicted octanol–water partition coefficient (Wildman–Crippen LogP) is 0.891. The van der Waals surface area contributed by atoms with Gasteiger partial charge in [-0.05, 0) is 25.0 Å². The Bertz CT molecular complexity index is 485. The first-order chi connectivity index (χ1) is 10.1. The van der Waals surface area contributed by atoms with Crippen LogP contribution in [0, 0.1) is 0 Å². The molecule has 0 saturated carbocycles. The molecule has 1 aliphatic heterocycles. The number of nitrogens with two attached hydrogens (primary N) is 1. The Morgan fingerprint density at radius 1 is 1.38 bits per heavy atom. The number of anilines is 1. The minimum Gasteiger partial charge on any atom is -0.497 e. The third-order valence-corrected chi connectivity index (χ3v) is 3.59. The van der Waals surface area contributed by atoms with E-state index in [1.807, 2.05) is 0 Å². The third kappa shape index (κ3) is 4.09. The van der Waals surface area contributed by atoms with Crippen molar-refractivity contribution in [2.45, 2.75) is 18.9 Å². The van der Waals surface area contributed by atoms with Crippen LogP contribution >= 0.6 is 0 Å². The lowest BCUT2D eigenvalue weighted by Crippen LogP contribution is -2.41. The number of hydrogen-bond donors (Lipinski definition) is 2. The molecule has 6 heteroatoms. The molecule has 0 unspecified atom stereocenters. The zero-order chi connectivity index (χ0) is 15.2. The van der Waals surface area contributed by atoms with Gasteiger partial charge in [0.15, 0.2) is 0 Å². The molecule has 1 aliphatic rings. The van der Waals surface area contributed by atoms with Gasteiger partial charge < -0.3 is 25.2 Å².